The van der Waals surface area contributed by atoms with Crippen molar-refractivity contribution in [1.29, 1.82) is 0 Å². The Balaban J connectivity index is 1.16. The summed E-state index contributed by atoms with van der Waals surface area (Å²) in [6, 6.07) is 14.7. The van der Waals surface area contributed by atoms with Crippen LogP contribution in [0.3, 0.4) is 0 Å². The predicted molar refractivity (Wildman–Crippen MR) is 175 cm³/mol. The highest BCUT2D eigenvalue weighted by Crippen LogP contribution is 2.38. The number of hydrogen-bond donors (Lipinski definition) is 0. The van der Waals surface area contributed by atoms with Crippen molar-refractivity contribution in [3.05, 3.63) is 60.4 Å². The summed E-state index contributed by atoms with van der Waals surface area (Å²) in [5.74, 6) is 2.22. The van der Waals surface area contributed by atoms with Crippen LogP contribution in [0, 0.1) is 0 Å². The Labute approximate surface area is 259 Å². The SMILES string of the molecule is CCCCCCOCCCCc1ccc(-c2cnc(-c3ccc4c(c3)OC(CCCCOCCCCCC)O4)nc2)cc1. The van der Waals surface area contributed by atoms with E-state index in [1.54, 1.807) is 0 Å². The summed E-state index contributed by atoms with van der Waals surface area (Å²) in [5, 5.41) is 0. The van der Waals surface area contributed by atoms with Crippen molar-refractivity contribution in [2.24, 2.45) is 0 Å². The van der Waals surface area contributed by atoms with Gasteiger partial charge in [0.25, 0.3) is 0 Å². The smallest absolute Gasteiger partial charge is 0.241 e. The molecule has 0 radical (unpaired) electrons. The summed E-state index contributed by atoms with van der Waals surface area (Å²) >= 11 is 0. The van der Waals surface area contributed by atoms with Crippen molar-refractivity contribution in [2.45, 2.75) is 110 Å². The molecule has 0 saturated heterocycles. The van der Waals surface area contributed by atoms with Crippen LogP contribution in [0.15, 0.2) is 54.9 Å². The second-order valence-electron chi connectivity index (χ2n) is 11.6. The van der Waals surface area contributed by atoms with Crippen LogP contribution in [0.5, 0.6) is 11.5 Å². The zero-order chi connectivity index (χ0) is 30.0. The zero-order valence-electron chi connectivity index (χ0n) is 26.5. The highest BCUT2D eigenvalue weighted by molar-refractivity contribution is 5.65. The molecule has 0 bridgehead atoms. The van der Waals surface area contributed by atoms with Crippen LogP contribution < -0.4 is 9.47 Å². The number of hydrogen-bond acceptors (Lipinski definition) is 6. The van der Waals surface area contributed by atoms with E-state index >= 15 is 0 Å². The van der Waals surface area contributed by atoms with Gasteiger partial charge in [0.1, 0.15) is 0 Å². The molecule has 1 aliphatic rings. The number of benzene rings is 2. The van der Waals surface area contributed by atoms with E-state index in [0.29, 0.717) is 5.82 Å². The molecular formula is C37H52N2O4. The Morgan fingerprint density at radius 2 is 1.16 bits per heavy atom. The van der Waals surface area contributed by atoms with Gasteiger partial charge in [-0.1, -0.05) is 76.6 Å². The Kier molecular flexibility index (Phi) is 14.8. The third-order valence-electron chi connectivity index (χ3n) is 7.92. The van der Waals surface area contributed by atoms with Gasteiger partial charge in [-0.05, 0) is 74.3 Å². The predicted octanol–water partition coefficient (Wildman–Crippen LogP) is 9.59. The van der Waals surface area contributed by atoms with Gasteiger partial charge in [-0.2, -0.15) is 0 Å². The van der Waals surface area contributed by atoms with Gasteiger partial charge in [-0.15, -0.1) is 0 Å². The number of aryl methyl sites for hydroxylation is 1. The molecule has 1 aliphatic heterocycles. The van der Waals surface area contributed by atoms with Gasteiger partial charge in [0.05, 0.1) is 0 Å². The summed E-state index contributed by atoms with van der Waals surface area (Å²) in [4.78, 5) is 9.32. The third-order valence-corrected chi connectivity index (χ3v) is 7.92. The summed E-state index contributed by atoms with van der Waals surface area (Å²) in [6.45, 7) is 7.92. The van der Waals surface area contributed by atoms with E-state index in [0.717, 1.165) is 99.6 Å². The molecule has 2 heterocycles. The molecule has 1 aromatic heterocycles. The largest absolute Gasteiger partial charge is 0.451 e. The standard InChI is InChI=1S/C37H52N2O4/c1-3-5-7-11-23-40-25-13-9-15-30-17-19-31(20-18-30)33-28-38-37(39-29-33)32-21-22-34-35(27-32)43-36(42-34)16-10-14-26-41-24-12-8-6-4-2/h17-22,27-29,36H,3-16,23-26H2,1-2H3. The summed E-state index contributed by atoms with van der Waals surface area (Å²) in [5.41, 5.74) is 4.42. The molecule has 1 unspecified atom stereocenters. The van der Waals surface area contributed by atoms with Gasteiger partial charge in [-0.25, -0.2) is 9.97 Å². The first kappa shape index (κ1) is 32.9. The van der Waals surface area contributed by atoms with E-state index < -0.39 is 0 Å². The van der Waals surface area contributed by atoms with Gasteiger partial charge in [0, 0.05) is 56.4 Å². The molecule has 6 nitrogen and oxygen atoms in total. The van der Waals surface area contributed by atoms with Crippen LogP contribution in [0.1, 0.15) is 103 Å². The van der Waals surface area contributed by atoms with Gasteiger partial charge in [-0.3, -0.25) is 0 Å². The fourth-order valence-electron chi connectivity index (χ4n) is 5.27. The number of rotatable bonds is 22. The summed E-state index contributed by atoms with van der Waals surface area (Å²) in [7, 11) is 0. The third kappa shape index (κ3) is 11.6. The fourth-order valence-corrected chi connectivity index (χ4v) is 5.27. The first-order chi connectivity index (χ1) is 21.3. The van der Waals surface area contributed by atoms with E-state index in [1.807, 2.05) is 30.6 Å². The molecule has 0 spiro atoms. The monoisotopic (exact) mass is 588 g/mol. The Morgan fingerprint density at radius 1 is 0.581 bits per heavy atom. The molecule has 234 valence electrons. The number of ether oxygens (including phenoxy) is 4. The second kappa shape index (κ2) is 19.3. The minimum atomic E-state index is -0.241. The lowest BCUT2D eigenvalue weighted by molar-refractivity contribution is 0.0366. The average molecular weight is 589 g/mol. The first-order valence-electron chi connectivity index (χ1n) is 16.8. The number of fused-ring (bicyclic) bond motifs is 1. The molecule has 1 atom stereocenters. The quantitative estimate of drug-likeness (QED) is 0.109. The van der Waals surface area contributed by atoms with Crippen molar-refractivity contribution < 1.29 is 18.9 Å². The maximum Gasteiger partial charge on any atom is 0.241 e. The van der Waals surface area contributed by atoms with Crippen LogP contribution >= 0.6 is 0 Å². The lowest BCUT2D eigenvalue weighted by atomic mass is 10.0. The van der Waals surface area contributed by atoms with Crippen LogP contribution in [-0.4, -0.2) is 42.7 Å². The van der Waals surface area contributed by atoms with E-state index in [-0.39, 0.29) is 6.29 Å². The topological polar surface area (TPSA) is 62.7 Å². The lowest BCUT2D eigenvalue weighted by Crippen LogP contribution is -2.17. The van der Waals surface area contributed by atoms with Gasteiger partial charge in [0.15, 0.2) is 17.3 Å². The molecule has 0 fully saturated rings. The Morgan fingerprint density at radius 3 is 1.81 bits per heavy atom. The lowest BCUT2D eigenvalue weighted by Gasteiger charge is -2.10. The zero-order valence-corrected chi connectivity index (χ0v) is 26.5. The molecule has 0 N–H and O–H groups in total. The molecule has 0 saturated carbocycles. The van der Waals surface area contributed by atoms with E-state index in [1.165, 1.54) is 50.5 Å². The maximum atomic E-state index is 6.08. The summed E-state index contributed by atoms with van der Waals surface area (Å²) in [6.07, 6.45) is 19.8. The number of unbranched alkanes of at least 4 members (excludes halogenated alkanes) is 8. The van der Waals surface area contributed by atoms with E-state index in [4.69, 9.17) is 18.9 Å². The average Bonchev–Trinajstić information content (AvgIpc) is 3.46. The molecule has 0 aliphatic carbocycles. The molecule has 0 amide bonds. The Bertz CT molecular complexity index is 1170. The fraction of sp³-hybridized carbons (Fsp3) is 0.568. The first-order valence-corrected chi connectivity index (χ1v) is 16.8. The molecule has 3 aromatic rings. The Hall–Kier alpha value is -2.96. The molecular weight excluding hydrogens is 536 g/mol. The van der Waals surface area contributed by atoms with Gasteiger partial charge >= 0.3 is 0 Å². The van der Waals surface area contributed by atoms with E-state index in [2.05, 4.69) is 48.1 Å². The van der Waals surface area contributed by atoms with Crippen molar-refractivity contribution >= 4 is 0 Å². The van der Waals surface area contributed by atoms with Crippen LogP contribution in [-0.2, 0) is 15.9 Å². The molecule has 2 aromatic carbocycles. The highest BCUT2D eigenvalue weighted by atomic mass is 16.7. The second-order valence-corrected chi connectivity index (χ2v) is 11.6. The highest BCUT2D eigenvalue weighted by Gasteiger charge is 2.24. The minimum absolute atomic E-state index is 0.241. The minimum Gasteiger partial charge on any atom is -0.451 e. The van der Waals surface area contributed by atoms with Crippen molar-refractivity contribution in [2.75, 3.05) is 26.4 Å². The van der Waals surface area contributed by atoms with Crippen LogP contribution in [0.2, 0.25) is 0 Å². The van der Waals surface area contributed by atoms with Crippen molar-refractivity contribution in [3.63, 3.8) is 0 Å². The van der Waals surface area contributed by atoms with Crippen molar-refractivity contribution in [1.82, 2.24) is 9.97 Å². The van der Waals surface area contributed by atoms with Crippen LogP contribution in [0.4, 0.5) is 0 Å². The molecule has 43 heavy (non-hydrogen) atoms. The van der Waals surface area contributed by atoms with E-state index in [9.17, 15) is 0 Å². The molecule has 4 rings (SSSR count). The van der Waals surface area contributed by atoms with Gasteiger partial charge < -0.3 is 18.9 Å². The maximum absolute atomic E-state index is 6.08. The van der Waals surface area contributed by atoms with Crippen molar-refractivity contribution in [3.8, 4) is 34.0 Å². The van der Waals surface area contributed by atoms with Crippen LogP contribution in [0.25, 0.3) is 22.5 Å². The number of nitrogens with zero attached hydrogens (tertiary/aromatic N) is 2. The normalized spacial score (nSPS) is 14.0. The van der Waals surface area contributed by atoms with Gasteiger partial charge in [0.2, 0.25) is 6.29 Å². The number of aromatic nitrogens is 2. The summed E-state index contributed by atoms with van der Waals surface area (Å²) < 4.78 is 23.6. The molecule has 6 heteroatoms.